The lowest BCUT2D eigenvalue weighted by Gasteiger charge is -2.11. The van der Waals surface area contributed by atoms with Crippen molar-refractivity contribution in [3.05, 3.63) is 120 Å². The Labute approximate surface area is 182 Å². The molecule has 5 aromatic rings. The Balaban J connectivity index is 1.67. The van der Waals surface area contributed by atoms with Crippen LogP contribution in [0, 0.1) is 18.8 Å². The molecule has 31 heavy (non-hydrogen) atoms. The molecule has 2 heterocycles. The lowest BCUT2D eigenvalue weighted by Crippen LogP contribution is -1.91. The van der Waals surface area contributed by atoms with Gasteiger partial charge in [-0.25, -0.2) is 4.98 Å². The van der Waals surface area contributed by atoms with Crippen molar-refractivity contribution in [2.24, 2.45) is 0 Å². The molecule has 2 heteroatoms. The number of nitrogens with zero attached hydrogens (tertiary/aromatic N) is 2. The summed E-state index contributed by atoms with van der Waals surface area (Å²) in [6.07, 6.45) is 3.52. The molecule has 3 aromatic carbocycles. The SMILES string of the molecule is Cc1ccc(-c2cc(-c3ccccc3)c3cc(C#Cc4ccncc4)ccc3n2)cc1. The van der Waals surface area contributed by atoms with E-state index in [-0.39, 0.29) is 0 Å². The summed E-state index contributed by atoms with van der Waals surface area (Å²) in [5, 5.41) is 1.10. The number of pyridine rings is 2. The molecule has 0 spiro atoms. The zero-order chi connectivity index (χ0) is 21.0. The molecule has 0 unspecified atom stereocenters. The van der Waals surface area contributed by atoms with Gasteiger partial charge in [-0.1, -0.05) is 72.0 Å². The van der Waals surface area contributed by atoms with E-state index in [2.05, 4.69) is 90.5 Å². The van der Waals surface area contributed by atoms with Crippen LogP contribution < -0.4 is 0 Å². The molecular weight excluding hydrogens is 376 g/mol. The zero-order valence-electron chi connectivity index (χ0n) is 17.2. The van der Waals surface area contributed by atoms with E-state index in [1.54, 1.807) is 12.4 Å². The van der Waals surface area contributed by atoms with Gasteiger partial charge in [-0.3, -0.25) is 4.98 Å². The Morgan fingerprint density at radius 3 is 2.16 bits per heavy atom. The lowest BCUT2D eigenvalue weighted by atomic mass is 9.97. The van der Waals surface area contributed by atoms with Gasteiger partial charge in [0.15, 0.2) is 0 Å². The second-order valence-electron chi connectivity index (χ2n) is 7.50. The fourth-order valence-corrected chi connectivity index (χ4v) is 3.61. The highest BCUT2D eigenvalue weighted by atomic mass is 14.7. The van der Waals surface area contributed by atoms with Crippen LogP contribution in [-0.2, 0) is 0 Å². The van der Waals surface area contributed by atoms with Crippen LogP contribution in [0.3, 0.4) is 0 Å². The van der Waals surface area contributed by atoms with Crippen LogP contribution in [-0.4, -0.2) is 9.97 Å². The molecule has 2 aromatic heterocycles. The maximum absolute atomic E-state index is 4.96. The number of rotatable bonds is 2. The van der Waals surface area contributed by atoms with Gasteiger partial charge in [0.05, 0.1) is 11.2 Å². The minimum absolute atomic E-state index is 0.950. The first-order valence-corrected chi connectivity index (χ1v) is 10.3. The van der Waals surface area contributed by atoms with Gasteiger partial charge in [-0.05, 0) is 54.4 Å². The van der Waals surface area contributed by atoms with Crippen molar-refractivity contribution in [2.75, 3.05) is 0 Å². The molecule has 0 atom stereocenters. The fraction of sp³-hybridized carbons (Fsp3) is 0.0345. The highest BCUT2D eigenvalue weighted by molar-refractivity contribution is 5.97. The molecule has 0 aliphatic rings. The van der Waals surface area contributed by atoms with Crippen molar-refractivity contribution < 1.29 is 0 Å². The highest BCUT2D eigenvalue weighted by Gasteiger charge is 2.10. The molecule has 0 N–H and O–H groups in total. The molecule has 0 saturated carbocycles. The van der Waals surface area contributed by atoms with Crippen LogP contribution in [0.2, 0.25) is 0 Å². The Morgan fingerprint density at radius 2 is 1.39 bits per heavy atom. The minimum atomic E-state index is 0.950. The van der Waals surface area contributed by atoms with E-state index in [1.165, 1.54) is 11.1 Å². The van der Waals surface area contributed by atoms with Crippen LogP contribution in [0.1, 0.15) is 16.7 Å². The number of aryl methyl sites for hydroxylation is 1. The van der Waals surface area contributed by atoms with Crippen LogP contribution in [0.5, 0.6) is 0 Å². The number of aromatic nitrogens is 2. The van der Waals surface area contributed by atoms with Crippen molar-refractivity contribution in [1.82, 2.24) is 9.97 Å². The van der Waals surface area contributed by atoms with Crippen molar-refractivity contribution in [3.8, 4) is 34.2 Å². The van der Waals surface area contributed by atoms with Crippen LogP contribution in [0.25, 0.3) is 33.3 Å². The normalized spacial score (nSPS) is 10.5. The maximum atomic E-state index is 4.96. The van der Waals surface area contributed by atoms with Gasteiger partial charge in [0.1, 0.15) is 0 Å². The number of hydrogen-bond donors (Lipinski definition) is 0. The summed E-state index contributed by atoms with van der Waals surface area (Å²) in [6, 6.07) is 31.2. The molecule has 0 bridgehead atoms. The van der Waals surface area contributed by atoms with Gasteiger partial charge in [0.2, 0.25) is 0 Å². The third-order valence-corrected chi connectivity index (χ3v) is 5.27. The standard InChI is InChI=1S/C29H20N2/c1-21-7-12-25(13-8-21)29-20-26(24-5-3-2-4-6-24)27-19-23(11-14-28(27)31-29)10-9-22-15-17-30-18-16-22/h2-8,11-20H,1H3. The average Bonchev–Trinajstić information content (AvgIpc) is 2.83. The third kappa shape index (κ3) is 4.08. The van der Waals surface area contributed by atoms with E-state index < -0.39 is 0 Å². The Morgan fingerprint density at radius 1 is 0.645 bits per heavy atom. The predicted octanol–water partition coefficient (Wildman–Crippen LogP) is 6.67. The first-order valence-electron chi connectivity index (χ1n) is 10.3. The maximum Gasteiger partial charge on any atom is 0.0716 e. The number of benzene rings is 3. The molecule has 0 aliphatic carbocycles. The van der Waals surface area contributed by atoms with E-state index in [9.17, 15) is 0 Å². The molecule has 2 nitrogen and oxygen atoms in total. The first kappa shape index (κ1) is 18.8. The highest BCUT2D eigenvalue weighted by Crippen LogP contribution is 2.32. The zero-order valence-corrected chi connectivity index (χ0v) is 17.2. The van der Waals surface area contributed by atoms with Gasteiger partial charge < -0.3 is 0 Å². The lowest BCUT2D eigenvalue weighted by molar-refractivity contribution is 1.32. The van der Waals surface area contributed by atoms with Crippen LogP contribution in [0.4, 0.5) is 0 Å². The second kappa shape index (κ2) is 8.26. The predicted molar refractivity (Wildman–Crippen MR) is 128 cm³/mol. The Kier molecular flexibility index (Phi) is 5.01. The molecule has 0 saturated heterocycles. The monoisotopic (exact) mass is 396 g/mol. The molecule has 0 amide bonds. The Hall–Kier alpha value is -4.22. The van der Waals surface area contributed by atoms with Gasteiger partial charge in [-0.15, -0.1) is 0 Å². The van der Waals surface area contributed by atoms with E-state index in [1.807, 2.05) is 24.3 Å². The smallest absolute Gasteiger partial charge is 0.0716 e. The third-order valence-electron chi connectivity index (χ3n) is 5.27. The van der Waals surface area contributed by atoms with Crippen LogP contribution >= 0.6 is 0 Å². The number of fused-ring (bicyclic) bond motifs is 1. The van der Waals surface area contributed by atoms with E-state index in [4.69, 9.17) is 4.98 Å². The molecule has 5 rings (SSSR count). The fourth-order valence-electron chi connectivity index (χ4n) is 3.61. The first-order chi connectivity index (χ1) is 15.3. The summed E-state index contributed by atoms with van der Waals surface area (Å²) >= 11 is 0. The molecular formula is C29H20N2. The largest absolute Gasteiger partial charge is 0.265 e. The minimum Gasteiger partial charge on any atom is -0.265 e. The summed E-state index contributed by atoms with van der Waals surface area (Å²) in [6.45, 7) is 2.10. The van der Waals surface area contributed by atoms with Crippen molar-refractivity contribution >= 4 is 10.9 Å². The van der Waals surface area contributed by atoms with E-state index in [0.717, 1.165) is 38.9 Å². The van der Waals surface area contributed by atoms with Crippen molar-refractivity contribution in [1.29, 1.82) is 0 Å². The van der Waals surface area contributed by atoms with Crippen molar-refractivity contribution in [3.63, 3.8) is 0 Å². The van der Waals surface area contributed by atoms with Gasteiger partial charge in [-0.2, -0.15) is 0 Å². The Bertz CT molecular complexity index is 1410. The van der Waals surface area contributed by atoms with Crippen molar-refractivity contribution in [2.45, 2.75) is 6.92 Å². The summed E-state index contributed by atoms with van der Waals surface area (Å²) < 4.78 is 0. The van der Waals surface area contributed by atoms with Gasteiger partial charge in [0.25, 0.3) is 0 Å². The summed E-state index contributed by atoms with van der Waals surface area (Å²) in [5.74, 6) is 6.50. The quantitative estimate of drug-likeness (QED) is 0.311. The molecule has 0 fully saturated rings. The average molecular weight is 396 g/mol. The second-order valence-corrected chi connectivity index (χ2v) is 7.50. The molecule has 0 radical (unpaired) electrons. The number of hydrogen-bond acceptors (Lipinski definition) is 2. The van der Waals surface area contributed by atoms with Gasteiger partial charge in [0, 0.05) is 34.5 Å². The van der Waals surface area contributed by atoms with E-state index >= 15 is 0 Å². The summed E-state index contributed by atoms with van der Waals surface area (Å²) in [5.41, 5.74) is 8.54. The van der Waals surface area contributed by atoms with Crippen LogP contribution in [0.15, 0.2) is 103 Å². The van der Waals surface area contributed by atoms with E-state index in [0.29, 0.717) is 0 Å². The molecule has 146 valence electrons. The molecule has 0 aliphatic heterocycles. The topological polar surface area (TPSA) is 25.8 Å². The summed E-state index contributed by atoms with van der Waals surface area (Å²) in [7, 11) is 0. The van der Waals surface area contributed by atoms with Gasteiger partial charge >= 0.3 is 0 Å². The summed E-state index contributed by atoms with van der Waals surface area (Å²) in [4.78, 5) is 9.01.